The number of halogens is 2. The number of esters is 1. The van der Waals surface area contributed by atoms with Crippen molar-refractivity contribution in [3.8, 4) is 0 Å². The minimum absolute atomic E-state index is 0.144. The first-order chi connectivity index (χ1) is 12.9. The second kappa shape index (κ2) is 8.22. The number of rotatable bonds is 6. The van der Waals surface area contributed by atoms with Crippen molar-refractivity contribution in [2.24, 2.45) is 0 Å². The van der Waals surface area contributed by atoms with E-state index < -0.39 is 11.8 Å². The Morgan fingerprint density at radius 1 is 1.30 bits per heavy atom. The van der Waals surface area contributed by atoms with Crippen molar-refractivity contribution in [1.82, 2.24) is 19.6 Å². The standard InChI is InChI=1S/C18H18ClFN4O2S/c1-10-12(11(2)24-17(21-10)22-18(23-24)27-3)7-8-16(25)26-9-13-14(19)5-4-6-15(13)20/h4-6H,7-9H2,1-3H3. The molecule has 0 saturated heterocycles. The summed E-state index contributed by atoms with van der Waals surface area (Å²) in [6.07, 6.45) is 2.49. The van der Waals surface area contributed by atoms with Gasteiger partial charge < -0.3 is 4.74 Å². The molecule has 0 aliphatic carbocycles. The summed E-state index contributed by atoms with van der Waals surface area (Å²) in [6, 6.07) is 4.34. The highest BCUT2D eigenvalue weighted by molar-refractivity contribution is 7.98. The smallest absolute Gasteiger partial charge is 0.306 e. The van der Waals surface area contributed by atoms with Crippen molar-refractivity contribution in [2.45, 2.75) is 38.5 Å². The molecule has 3 aromatic rings. The van der Waals surface area contributed by atoms with Gasteiger partial charge in [0.25, 0.3) is 5.78 Å². The molecular formula is C18H18ClFN4O2S. The second-order valence-electron chi connectivity index (χ2n) is 5.93. The van der Waals surface area contributed by atoms with Gasteiger partial charge in [0.05, 0.1) is 5.02 Å². The van der Waals surface area contributed by atoms with Gasteiger partial charge in [-0.3, -0.25) is 4.79 Å². The van der Waals surface area contributed by atoms with Crippen LogP contribution < -0.4 is 0 Å². The number of benzene rings is 1. The predicted molar refractivity (Wildman–Crippen MR) is 102 cm³/mol. The maximum Gasteiger partial charge on any atom is 0.306 e. The number of aromatic nitrogens is 4. The van der Waals surface area contributed by atoms with Crippen LogP contribution in [0.15, 0.2) is 23.4 Å². The lowest BCUT2D eigenvalue weighted by Crippen LogP contribution is -2.11. The van der Waals surface area contributed by atoms with Crippen molar-refractivity contribution in [2.75, 3.05) is 6.26 Å². The first kappa shape index (κ1) is 19.6. The molecule has 3 rings (SSSR count). The fraction of sp³-hybridized carbons (Fsp3) is 0.333. The van der Waals surface area contributed by atoms with Gasteiger partial charge in [-0.05, 0) is 44.2 Å². The van der Waals surface area contributed by atoms with E-state index in [1.54, 1.807) is 10.6 Å². The molecule has 0 spiro atoms. The number of fused-ring (bicyclic) bond motifs is 1. The van der Waals surface area contributed by atoms with Gasteiger partial charge in [0, 0.05) is 23.4 Å². The quantitative estimate of drug-likeness (QED) is 0.454. The Kier molecular flexibility index (Phi) is 5.96. The molecule has 0 saturated carbocycles. The summed E-state index contributed by atoms with van der Waals surface area (Å²) in [5.74, 6) is -0.390. The lowest BCUT2D eigenvalue weighted by Gasteiger charge is -2.11. The Hall–Kier alpha value is -2.19. The lowest BCUT2D eigenvalue weighted by atomic mass is 10.1. The summed E-state index contributed by atoms with van der Waals surface area (Å²) in [7, 11) is 0. The molecule has 0 radical (unpaired) electrons. The minimum Gasteiger partial charge on any atom is -0.461 e. The van der Waals surface area contributed by atoms with E-state index >= 15 is 0 Å². The molecule has 0 aliphatic heterocycles. The molecule has 6 nitrogen and oxygen atoms in total. The third kappa shape index (κ3) is 4.22. The Morgan fingerprint density at radius 2 is 2.07 bits per heavy atom. The van der Waals surface area contributed by atoms with E-state index in [-0.39, 0.29) is 23.6 Å². The first-order valence-corrected chi connectivity index (χ1v) is 9.86. The summed E-state index contributed by atoms with van der Waals surface area (Å²) in [6.45, 7) is 3.60. The van der Waals surface area contributed by atoms with Crippen molar-refractivity contribution in [3.63, 3.8) is 0 Å². The van der Waals surface area contributed by atoms with Crippen LogP contribution >= 0.6 is 23.4 Å². The molecule has 0 N–H and O–H groups in total. The van der Waals surface area contributed by atoms with Crippen LogP contribution in [0.25, 0.3) is 5.78 Å². The fourth-order valence-electron chi connectivity index (χ4n) is 2.76. The van der Waals surface area contributed by atoms with Gasteiger partial charge in [-0.1, -0.05) is 29.4 Å². The highest BCUT2D eigenvalue weighted by Gasteiger charge is 2.15. The number of aryl methyl sites for hydroxylation is 2. The number of nitrogens with zero attached hydrogens (tertiary/aromatic N) is 4. The molecule has 0 bridgehead atoms. The van der Waals surface area contributed by atoms with Crippen LogP contribution in [0.2, 0.25) is 5.02 Å². The van der Waals surface area contributed by atoms with Gasteiger partial charge in [-0.2, -0.15) is 4.98 Å². The number of thioether (sulfide) groups is 1. The van der Waals surface area contributed by atoms with Crippen LogP contribution in [0.3, 0.4) is 0 Å². The number of hydrogen-bond acceptors (Lipinski definition) is 6. The molecular weight excluding hydrogens is 391 g/mol. The molecule has 0 unspecified atom stereocenters. The Morgan fingerprint density at radius 3 is 2.78 bits per heavy atom. The lowest BCUT2D eigenvalue weighted by molar-refractivity contribution is -0.144. The van der Waals surface area contributed by atoms with Gasteiger partial charge in [0.15, 0.2) is 0 Å². The van der Waals surface area contributed by atoms with Crippen molar-refractivity contribution < 1.29 is 13.9 Å². The number of ether oxygens (including phenoxy) is 1. The molecule has 0 atom stereocenters. The Bertz CT molecular complexity index is 988. The van der Waals surface area contributed by atoms with Crippen molar-refractivity contribution >= 4 is 35.1 Å². The van der Waals surface area contributed by atoms with Crippen molar-refractivity contribution in [3.05, 3.63) is 51.6 Å². The zero-order valence-corrected chi connectivity index (χ0v) is 16.7. The van der Waals surface area contributed by atoms with E-state index in [9.17, 15) is 9.18 Å². The molecule has 1 aromatic carbocycles. The largest absolute Gasteiger partial charge is 0.461 e. The van der Waals surface area contributed by atoms with E-state index in [2.05, 4.69) is 15.1 Å². The summed E-state index contributed by atoms with van der Waals surface area (Å²) in [5, 5.41) is 5.27. The highest BCUT2D eigenvalue weighted by Crippen LogP contribution is 2.21. The zero-order valence-electron chi connectivity index (χ0n) is 15.1. The SMILES string of the molecule is CSc1nc2nc(C)c(CCC(=O)OCc3c(F)cccc3Cl)c(C)n2n1. The third-order valence-electron chi connectivity index (χ3n) is 4.23. The summed E-state index contributed by atoms with van der Waals surface area (Å²) in [5.41, 5.74) is 2.77. The van der Waals surface area contributed by atoms with Gasteiger partial charge in [-0.15, -0.1) is 5.10 Å². The highest BCUT2D eigenvalue weighted by atomic mass is 35.5. The van der Waals surface area contributed by atoms with E-state index in [0.29, 0.717) is 17.4 Å². The Balaban J connectivity index is 1.68. The van der Waals surface area contributed by atoms with Gasteiger partial charge in [0.2, 0.25) is 5.16 Å². The first-order valence-electron chi connectivity index (χ1n) is 8.26. The van der Waals surface area contributed by atoms with Crippen LogP contribution in [-0.4, -0.2) is 31.8 Å². The summed E-state index contributed by atoms with van der Waals surface area (Å²) < 4.78 is 20.6. The van der Waals surface area contributed by atoms with Crippen LogP contribution in [-0.2, 0) is 22.6 Å². The van der Waals surface area contributed by atoms with Gasteiger partial charge in [-0.25, -0.2) is 13.9 Å². The average molecular weight is 409 g/mol. The molecule has 0 fully saturated rings. The normalized spacial score (nSPS) is 11.1. The second-order valence-corrected chi connectivity index (χ2v) is 7.11. The van der Waals surface area contributed by atoms with E-state index in [4.69, 9.17) is 16.3 Å². The van der Waals surface area contributed by atoms with Gasteiger partial charge >= 0.3 is 5.97 Å². The topological polar surface area (TPSA) is 69.4 Å². The Labute approximate surface area is 165 Å². The molecule has 2 aromatic heterocycles. The molecule has 0 amide bonds. The van der Waals surface area contributed by atoms with Gasteiger partial charge in [0.1, 0.15) is 12.4 Å². The van der Waals surface area contributed by atoms with E-state index in [1.807, 2.05) is 20.1 Å². The van der Waals surface area contributed by atoms with Crippen LogP contribution in [0.5, 0.6) is 0 Å². The van der Waals surface area contributed by atoms with E-state index in [0.717, 1.165) is 17.0 Å². The summed E-state index contributed by atoms with van der Waals surface area (Å²) >= 11 is 7.38. The van der Waals surface area contributed by atoms with Crippen LogP contribution in [0.1, 0.15) is 28.9 Å². The summed E-state index contributed by atoms with van der Waals surface area (Å²) in [4.78, 5) is 20.9. The molecule has 27 heavy (non-hydrogen) atoms. The molecule has 2 heterocycles. The van der Waals surface area contributed by atoms with E-state index in [1.165, 1.54) is 23.9 Å². The number of carbonyl (C=O) groups is 1. The predicted octanol–water partition coefficient (Wildman–Crippen LogP) is 3.93. The third-order valence-corrected chi connectivity index (χ3v) is 5.12. The molecule has 9 heteroatoms. The zero-order chi connectivity index (χ0) is 19.6. The minimum atomic E-state index is -0.493. The maximum absolute atomic E-state index is 13.7. The molecule has 142 valence electrons. The monoisotopic (exact) mass is 408 g/mol. The number of hydrogen-bond donors (Lipinski definition) is 0. The maximum atomic E-state index is 13.7. The van der Waals surface area contributed by atoms with Crippen molar-refractivity contribution in [1.29, 1.82) is 0 Å². The van der Waals surface area contributed by atoms with Crippen LogP contribution in [0, 0.1) is 19.7 Å². The van der Waals surface area contributed by atoms with Crippen LogP contribution in [0.4, 0.5) is 4.39 Å². The fourth-order valence-corrected chi connectivity index (χ4v) is 3.31. The average Bonchev–Trinajstić information content (AvgIpc) is 3.04. The number of carbonyl (C=O) groups excluding carboxylic acids is 1. The molecule has 0 aliphatic rings.